The first-order valence-electron chi connectivity index (χ1n) is 8.25. The van der Waals surface area contributed by atoms with Crippen LogP contribution >= 0.6 is 0 Å². The van der Waals surface area contributed by atoms with Gasteiger partial charge in [-0.2, -0.15) is 0 Å². The van der Waals surface area contributed by atoms with Crippen LogP contribution in [0.1, 0.15) is 46.8 Å². The molecule has 0 saturated carbocycles. The van der Waals surface area contributed by atoms with Crippen LogP contribution in [0.3, 0.4) is 0 Å². The van der Waals surface area contributed by atoms with Crippen LogP contribution in [-0.2, 0) is 11.3 Å². The van der Waals surface area contributed by atoms with Gasteiger partial charge in [-0.1, -0.05) is 32.0 Å². The normalized spacial score (nSPS) is 10.6. The van der Waals surface area contributed by atoms with Gasteiger partial charge in [0.25, 0.3) is 5.91 Å². The van der Waals surface area contributed by atoms with E-state index in [0.29, 0.717) is 23.8 Å². The molecule has 0 heterocycles. The summed E-state index contributed by atoms with van der Waals surface area (Å²) in [7, 11) is 0. The molecule has 0 bridgehead atoms. The number of carbonyl (C=O) groups is 2. The van der Waals surface area contributed by atoms with E-state index in [1.165, 1.54) is 5.56 Å². The summed E-state index contributed by atoms with van der Waals surface area (Å²) >= 11 is 0. The smallest absolute Gasteiger partial charge is 0.258 e. The first-order valence-corrected chi connectivity index (χ1v) is 8.25. The topological polar surface area (TPSA) is 81.4 Å². The van der Waals surface area contributed by atoms with Crippen LogP contribution < -0.4 is 15.8 Å². The molecule has 0 fully saturated rings. The molecule has 2 amide bonds. The molecule has 5 heteroatoms. The number of primary amides is 1. The quantitative estimate of drug-likeness (QED) is 0.813. The lowest BCUT2D eigenvalue weighted by molar-refractivity contribution is -0.123. The molecule has 2 aromatic carbocycles. The Hall–Kier alpha value is -2.82. The summed E-state index contributed by atoms with van der Waals surface area (Å²) in [6, 6.07) is 12.7. The number of nitrogens with two attached hydrogens (primary N) is 1. The summed E-state index contributed by atoms with van der Waals surface area (Å²) in [6.45, 7) is 6.66. The Bertz CT molecular complexity index is 752. The second-order valence-electron chi connectivity index (χ2n) is 6.30. The van der Waals surface area contributed by atoms with Crippen molar-refractivity contribution >= 4 is 11.8 Å². The molecule has 2 aromatic rings. The van der Waals surface area contributed by atoms with E-state index in [1.807, 2.05) is 25.1 Å². The van der Waals surface area contributed by atoms with Gasteiger partial charge in [-0.05, 0) is 53.8 Å². The van der Waals surface area contributed by atoms with Crippen molar-refractivity contribution in [2.75, 3.05) is 6.61 Å². The lowest BCUT2D eigenvalue weighted by atomic mass is 9.98. The number of hydrogen-bond donors (Lipinski definition) is 2. The van der Waals surface area contributed by atoms with Crippen molar-refractivity contribution in [2.24, 2.45) is 5.73 Å². The van der Waals surface area contributed by atoms with Gasteiger partial charge in [0, 0.05) is 12.1 Å². The standard InChI is InChI=1S/C20H24N2O3/c1-13(2)18-9-8-17(10-14(18)3)25-12-19(23)22-11-15-4-6-16(7-5-15)20(21)24/h4-10,13H,11-12H2,1-3H3,(H2,21,24)(H,22,23). The average Bonchev–Trinajstić information content (AvgIpc) is 2.58. The molecule has 2 rings (SSSR count). The van der Waals surface area contributed by atoms with Crippen molar-refractivity contribution in [3.8, 4) is 5.75 Å². The molecule has 0 aliphatic carbocycles. The van der Waals surface area contributed by atoms with Gasteiger partial charge in [-0.3, -0.25) is 9.59 Å². The summed E-state index contributed by atoms with van der Waals surface area (Å²) in [4.78, 5) is 22.9. The highest BCUT2D eigenvalue weighted by molar-refractivity contribution is 5.92. The van der Waals surface area contributed by atoms with Crippen molar-refractivity contribution in [1.29, 1.82) is 0 Å². The zero-order chi connectivity index (χ0) is 18.4. The molecule has 0 unspecified atom stereocenters. The molecule has 0 spiro atoms. The number of hydrogen-bond acceptors (Lipinski definition) is 3. The van der Waals surface area contributed by atoms with Crippen LogP contribution in [-0.4, -0.2) is 18.4 Å². The van der Waals surface area contributed by atoms with Crippen LogP contribution in [0.5, 0.6) is 5.75 Å². The third-order valence-corrected chi connectivity index (χ3v) is 3.96. The molecule has 25 heavy (non-hydrogen) atoms. The molecule has 0 saturated heterocycles. The third-order valence-electron chi connectivity index (χ3n) is 3.96. The Kier molecular flexibility index (Phi) is 6.17. The fourth-order valence-electron chi connectivity index (χ4n) is 2.57. The number of ether oxygens (including phenoxy) is 1. The van der Waals surface area contributed by atoms with Gasteiger partial charge in [0.1, 0.15) is 5.75 Å². The lowest BCUT2D eigenvalue weighted by Crippen LogP contribution is -2.28. The van der Waals surface area contributed by atoms with E-state index in [4.69, 9.17) is 10.5 Å². The zero-order valence-electron chi connectivity index (χ0n) is 14.8. The summed E-state index contributed by atoms with van der Waals surface area (Å²) in [5.74, 6) is 0.466. The second-order valence-corrected chi connectivity index (χ2v) is 6.30. The number of carbonyl (C=O) groups excluding carboxylic acids is 2. The van der Waals surface area contributed by atoms with Gasteiger partial charge >= 0.3 is 0 Å². The number of rotatable bonds is 7. The Morgan fingerprint density at radius 2 is 1.80 bits per heavy atom. The predicted molar refractivity (Wildman–Crippen MR) is 97.6 cm³/mol. The molecular weight excluding hydrogens is 316 g/mol. The number of benzene rings is 2. The van der Waals surface area contributed by atoms with E-state index in [2.05, 4.69) is 19.2 Å². The van der Waals surface area contributed by atoms with Gasteiger partial charge in [-0.25, -0.2) is 0 Å². The van der Waals surface area contributed by atoms with Crippen molar-refractivity contribution < 1.29 is 14.3 Å². The minimum absolute atomic E-state index is 0.0418. The Morgan fingerprint density at radius 1 is 1.12 bits per heavy atom. The molecule has 5 nitrogen and oxygen atoms in total. The zero-order valence-corrected chi connectivity index (χ0v) is 14.8. The van der Waals surface area contributed by atoms with Crippen molar-refractivity contribution in [3.05, 3.63) is 64.7 Å². The van der Waals surface area contributed by atoms with E-state index in [1.54, 1.807) is 24.3 Å². The molecule has 0 aliphatic heterocycles. The first kappa shape index (κ1) is 18.5. The highest BCUT2D eigenvalue weighted by Crippen LogP contribution is 2.23. The highest BCUT2D eigenvalue weighted by atomic mass is 16.5. The summed E-state index contributed by atoms with van der Waals surface area (Å²) in [6.07, 6.45) is 0. The number of aryl methyl sites for hydroxylation is 1. The molecule has 0 aliphatic rings. The fourth-order valence-corrected chi connectivity index (χ4v) is 2.57. The van der Waals surface area contributed by atoms with Gasteiger partial charge in [-0.15, -0.1) is 0 Å². The molecule has 0 aromatic heterocycles. The Labute approximate surface area is 148 Å². The van der Waals surface area contributed by atoms with Gasteiger partial charge in [0.15, 0.2) is 6.61 Å². The van der Waals surface area contributed by atoms with E-state index < -0.39 is 5.91 Å². The van der Waals surface area contributed by atoms with E-state index in [9.17, 15) is 9.59 Å². The van der Waals surface area contributed by atoms with Crippen LogP contribution in [0.4, 0.5) is 0 Å². The van der Waals surface area contributed by atoms with E-state index >= 15 is 0 Å². The Balaban J connectivity index is 1.82. The van der Waals surface area contributed by atoms with Gasteiger partial charge < -0.3 is 15.8 Å². The van der Waals surface area contributed by atoms with Crippen LogP contribution in [0.25, 0.3) is 0 Å². The maximum absolute atomic E-state index is 11.9. The number of amides is 2. The average molecular weight is 340 g/mol. The van der Waals surface area contributed by atoms with Crippen LogP contribution in [0, 0.1) is 6.92 Å². The van der Waals surface area contributed by atoms with Gasteiger partial charge in [0.05, 0.1) is 0 Å². The first-order chi connectivity index (χ1) is 11.9. The summed E-state index contributed by atoms with van der Waals surface area (Å²) in [5.41, 5.74) is 8.95. The van der Waals surface area contributed by atoms with E-state index in [-0.39, 0.29) is 12.5 Å². The van der Waals surface area contributed by atoms with Crippen molar-refractivity contribution in [2.45, 2.75) is 33.2 Å². The lowest BCUT2D eigenvalue weighted by Gasteiger charge is -2.12. The third kappa shape index (κ3) is 5.35. The number of nitrogens with one attached hydrogen (secondary N) is 1. The Morgan fingerprint density at radius 3 is 2.36 bits per heavy atom. The SMILES string of the molecule is Cc1cc(OCC(=O)NCc2ccc(C(N)=O)cc2)ccc1C(C)C. The minimum Gasteiger partial charge on any atom is -0.484 e. The van der Waals surface area contributed by atoms with Crippen molar-refractivity contribution in [1.82, 2.24) is 5.32 Å². The molecular formula is C20H24N2O3. The molecule has 0 atom stereocenters. The second kappa shape index (κ2) is 8.33. The maximum atomic E-state index is 11.9. The fraction of sp³-hybridized carbons (Fsp3) is 0.300. The highest BCUT2D eigenvalue weighted by Gasteiger charge is 2.07. The molecule has 132 valence electrons. The van der Waals surface area contributed by atoms with E-state index in [0.717, 1.165) is 11.1 Å². The van der Waals surface area contributed by atoms with Crippen LogP contribution in [0.2, 0.25) is 0 Å². The monoisotopic (exact) mass is 340 g/mol. The maximum Gasteiger partial charge on any atom is 0.258 e. The summed E-state index contributed by atoms with van der Waals surface area (Å²) in [5, 5.41) is 2.78. The molecule has 0 radical (unpaired) electrons. The van der Waals surface area contributed by atoms with Crippen LogP contribution in [0.15, 0.2) is 42.5 Å². The molecule has 3 N–H and O–H groups in total. The largest absolute Gasteiger partial charge is 0.484 e. The summed E-state index contributed by atoms with van der Waals surface area (Å²) < 4.78 is 5.55. The van der Waals surface area contributed by atoms with Crippen molar-refractivity contribution in [3.63, 3.8) is 0 Å². The minimum atomic E-state index is -0.470. The van der Waals surface area contributed by atoms with Gasteiger partial charge in [0.2, 0.25) is 5.91 Å². The predicted octanol–water partition coefficient (Wildman–Crippen LogP) is 2.91.